The minimum Gasteiger partial charge on any atom is -0.494 e. The van der Waals surface area contributed by atoms with Crippen LogP contribution in [0.3, 0.4) is 0 Å². The van der Waals surface area contributed by atoms with E-state index in [1.807, 2.05) is 16.9 Å². The van der Waals surface area contributed by atoms with Crippen LogP contribution in [0.5, 0.6) is 5.88 Å². The number of likely N-dealkylation sites (tertiary alicyclic amines) is 1. The van der Waals surface area contributed by atoms with Gasteiger partial charge in [0.1, 0.15) is 4.21 Å². The third-order valence-electron chi connectivity index (χ3n) is 6.45. The molecule has 5 rings (SSSR count). The minimum absolute atomic E-state index is 0.0441. The Kier molecular flexibility index (Phi) is 8.24. The fourth-order valence-electron chi connectivity index (χ4n) is 4.55. The highest BCUT2D eigenvalue weighted by molar-refractivity contribution is 7.92. The Morgan fingerprint density at radius 2 is 1.75 bits per heavy atom. The zero-order chi connectivity index (χ0) is 28.4. The van der Waals surface area contributed by atoms with Crippen LogP contribution in [-0.4, -0.2) is 55.2 Å². The van der Waals surface area contributed by atoms with Gasteiger partial charge >= 0.3 is 6.03 Å². The van der Waals surface area contributed by atoms with Crippen LogP contribution < -0.4 is 20.9 Å². The lowest BCUT2D eigenvalue weighted by Crippen LogP contribution is -2.33. The van der Waals surface area contributed by atoms with Crippen LogP contribution in [0, 0.1) is 0 Å². The molecule has 1 aliphatic heterocycles. The fourth-order valence-corrected chi connectivity index (χ4v) is 7.21. The number of anilines is 2. The Bertz CT molecular complexity index is 1750. The van der Waals surface area contributed by atoms with Gasteiger partial charge in [0.05, 0.1) is 15.0 Å². The molecule has 210 valence electrons. The van der Waals surface area contributed by atoms with Crippen molar-refractivity contribution in [2.45, 2.75) is 17.1 Å². The van der Waals surface area contributed by atoms with Gasteiger partial charge in [-0.25, -0.2) is 22.5 Å². The largest absolute Gasteiger partial charge is 0.494 e. The first-order valence-corrected chi connectivity index (χ1v) is 15.4. The van der Waals surface area contributed by atoms with Gasteiger partial charge in [-0.1, -0.05) is 23.2 Å². The average molecular weight is 623 g/mol. The Morgan fingerprint density at radius 3 is 2.45 bits per heavy atom. The quantitative estimate of drug-likeness (QED) is 0.215. The van der Waals surface area contributed by atoms with Crippen LogP contribution in [0.2, 0.25) is 9.36 Å². The second-order valence-electron chi connectivity index (χ2n) is 9.20. The zero-order valence-corrected chi connectivity index (χ0v) is 24.1. The molecule has 0 aliphatic carbocycles. The number of urea groups is 1. The van der Waals surface area contributed by atoms with Gasteiger partial charge in [0.15, 0.2) is 0 Å². The van der Waals surface area contributed by atoms with Crippen LogP contribution >= 0.6 is 34.5 Å². The summed E-state index contributed by atoms with van der Waals surface area (Å²) in [6.45, 7) is 3.95. The summed E-state index contributed by atoms with van der Waals surface area (Å²) in [5, 5.41) is 17.8. The van der Waals surface area contributed by atoms with Crippen LogP contribution in [0.4, 0.5) is 16.2 Å². The van der Waals surface area contributed by atoms with E-state index in [2.05, 4.69) is 15.5 Å². The van der Waals surface area contributed by atoms with Crippen molar-refractivity contribution >= 4 is 72.7 Å². The summed E-state index contributed by atoms with van der Waals surface area (Å²) in [7, 11) is -4.11. The number of halogens is 2. The Hall–Kier alpha value is -3.29. The van der Waals surface area contributed by atoms with Gasteiger partial charge in [-0.3, -0.25) is 4.79 Å². The van der Waals surface area contributed by atoms with Crippen LogP contribution in [0.25, 0.3) is 16.5 Å². The molecule has 2 amide bonds. The Balaban J connectivity index is 1.32. The van der Waals surface area contributed by atoms with Crippen molar-refractivity contribution in [3.8, 4) is 11.6 Å². The summed E-state index contributed by atoms with van der Waals surface area (Å²) in [6.07, 6.45) is 2.47. The van der Waals surface area contributed by atoms with E-state index in [-0.39, 0.29) is 30.8 Å². The SMILES string of the molecule is O=C(Nc1ccc(-n2c(O)c3ccc(NCCN4CCCC4)cc3cc2=O)c(Cl)c1)NS(=O)(=O)c1ccc(Cl)s1. The summed E-state index contributed by atoms with van der Waals surface area (Å²) < 4.78 is 27.8. The van der Waals surface area contributed by atoms with E-state index in [4.69, 9.17) is 23.2 Å². The number of amides is 2. The van der Waals surface area contributed by atoms with Crippen molar-refractivity contribution < 1.29 is 18.3 Å². The maximum atomic E-state index is 13.0. The molecule has 1 saturated heterocycles. The summed E-state index contributed by atoms with van der Waals surface area (Å²) in [6, 6.07) is 12.7. The van der Waals surface area contributed by atoms with E-state index < -0.39 is 21.6 Å². The molecule has 4 aromatic rings. The molecule has 40 heavy (non-hydrogen) atoms. The number of rotatable bonds is 8. The lowest BCUT2D eigenvalue weighted by Gasteiger charge is -2.16. The topological polar surface area (TPSA) is 133 Å². The molecule has 2 aromatic heterocycles. The molecule has 14 heteroatoms. The van der Waals surface area contributed by atoms with Crippen molar-refractivity contribution in [3.05, 3.63) is 74.3 Å². The maximum absolute atomic E-state index is 13.0. The third kappa shape index (κ3) is 6.21. The number of fused-ring (bicyclic) bond motifs is 1. The van der Waals surface area contributed by atoms with Gasteiger partial charge in [0.25, 0.3) is 15.6 Å². The molecule has 0 bridgehead atoms. The molecule has 1 aliphatic rings. The van der Waals surface area contributed by atoms with E-state index in [0.29, 0.717) is 10.8 Å². The number of aromatic nitrogens is 1. The van der Waals surface area contributed by atoms with Crippen molar-refractivity contribution in [1.29, 1.82) is 0 Å². The monoisotopic (exact) mass is 621 g/mol. The van der Waals surface area contributed by atoms with Gasteiger partial charge in [0, 0.05) is 35.9 Å². The number of pyridine rings is 1. The summed E-state index contributed by atoms with van der Waals surface area (Å²) in [4.78, 5) is 27.7. The Morgan fingerprint density at radius 1 is 1.00 bits per heavy atom. The van der Waals surface area contributed by atoms with Gasteiger partial charge in [-0.2, -0.15) is 0 Å². The lowest BCUT2D eigenvalue weighted by molar-refractivity contribution is 0.256. The second kappa shape index (κ2) is 11.7. The first-order chi connectivity index (χ1) is 19.1. The molecular formula is C26H25Cl2N5O5S2. The highest BCUT2D eigenvalue weighted by Gasteiger charge is 2.21. The number of sulfonamides is 1. The van der Waals surface area contributed by atoms with Gasteiger partial charge in [-0.05, 0) is 79.8 Å². The van der Waals surface area contributed by atoms with Crippen molar-refractivity contribution in [3.63, 3.8) is 0 Å². The number of benzene rings is 2. The fraction of sp³-hybridized carbons (Fsp3) is 0.231. The number of thiophene rings is 1. The van der Waals surface area contributed by atoms with Crippen LogP contribution in [-0.2, 0) is 10.0 Å². The minimum atomic E-state index is -4.11. The molecule has 3 heterocycles. The number of nitrogens with zero attached hydrogens (tertiary/aromatic N) is 2. The van der Waals surface area contributed by atoms with Crippen LogP contribution in [0.1, 0.15) is 12.8 Å². The molecule has 0 radical (unpaired) electrons. The normalized spacial score (nSPS) is 13.9. The van der Waals surface area contributed by atoms with Gasteiger partial charge in [0.2, 0.25) is 5.88 Å². The number of hydrogen-bond donors (Lipinski definition) is 4. The van der Waals surface area contributed by atoms with Crippen LogP contribution in [0.15, 0.2) is 63.6 Å². The van der Waals surface area contributed by atoms with Gasteiger partial charge in [-0.15, -0.1) is 11.3 Å². The van der Waals surface area contributed by atoms with E-state index in [1.165, 1.54) is 49.2 Å². The molecule has 0 atom stereocenters. The maximum Gasteiger partial charge on any atom is 0.333 e. The molecule has 1 fully saturated rings. The predicted octanol–water partition coefficient (Wildman–Crippen LogP) is 5.08. The highest BCUT2D eigenvalue weighted by atomic mass is 35.5. The number of hydrogen-bond acceptors (Lipinski definition) is 8. The van der Waals surface area contributed by atoms with Crippen molar-refractivity contribution in [2.24, 2.45) is 0 Å². The van der Waals surface area contributed by atoms with E-state index in [9.17, 15) is 23.1 Å². The standard InChI is InChI=1S/C26H25Cl2N5O5S2/c27-20-15-18(30-26(36)31-40(37,38)24-8-7-22(28)39-24)4-6-21(20)33-23(34)14-16-13-17(3-5-19(16)25(33)35)29-9-12-32-10-1-2-11-32/h3-8,13-15,29,35H,1-2,9-12H2,(H2,30,31,36). The highest BCUT2D eigenvalue weighted by Crippen LogP contribution is 2.31. The van der Waals surface area contributed by atoms with Crippen molar-refractivity contribution in [1.82, 2.24) is 14.2 Å². The molecular weight excluding hydrogens is 597 g/mol. The molecule has 2 aromatic carbocycles. The molecule has 4 N–H and O–H groups in total. The first kappa shape index (κ1) is 28.2. The lowest BCUT2D eigenvalue weighted by atomic mass is 10.1. The molecule has 0 saturated carbocycles. The second-order valence-corrected chi connectivity index (χ2v) is 13.2. The molecule has 0 spiro atoms. The molecule has 10 nitrogen and oxygen atoms in total. The first-order valence-electron chi connectivity index (χ1n) is 12.3. The summed E-state index contributed by atoms with van der Waals surface area (Å²) >= 11 is 13.0. The third-order valence-corrected chi connectivity index (χ3v) is 9.80. The van der Waals surface area contributed by atoms with Crippen molar-refractivity contribution in [2.75, 3.05) is 36.8 Å². The number of aromatic hydroxyl groups is 1. The van der Waals surface area contributed by atoms with E-state index in [0.717, 1.165) is 47.8 Å². The van der Waals surface area contributed by atoms with E-state index >= 15 is 0 Å². The Labute approximate surface area is 244 Å². The number of nitrogens with one attached hydrogen (secondary N) is 3. The van der Waals surface area contributed by atoms with E-state index in [1.54, 1.807) is 6.07 Å². The predicted molar refractivity (Wildman–Crippen MR) is 159 cm³/mol. The number of carbonyl (C=O) groups excluding carboxylic acids is 1. The molecule has 0 unspecified atom stereocenters. The average Bonchev–Trinajstić information content (AvgIpc) is 3.57. The zero-order valence-electron chi connectivity index (χ0n) is 21.0. The smallest absolute Gasteiger partial charge is 0.333 e. The summed E-state index contributed by atoms with van der Waals surface area (Å²) in [5.74, 6) is -0.285. The summed E-state index contributed by atoms with van der Waals surface area (Å²) in [5.41, 5.74) is 0.703. The number of carbonyl (C=O) groups is 1. The van der Waals surface area contributed by atoms with Gasteiger partial charge < -0.3 is 20.6 Å².